The summed E-state index contributed by atoms with van der Waals surface area (Å²) in [6.45, 7) is 3.88. The Bertz CT molecular complexity index is 1590. The Hall–Kier alpha value is -4.52. The zero-order valence-corrected chi connectivity index (χ0v) is 24.6. The fourth-order valence-corrected chi connectivity index (χ4v) is 5.39. The molecule has 0 radical (unpaired) electrons. The van der Waals surface area contributed by atoms with Crippen molar-refractivity contribution < 1.29 is 24.2 Å². The van der Waals surface area contributed by atoms with Crippen molar-refractivity contribution in [3.63, 3.8) is 0 Å². The molecular weight excluding hydrogens is 565 g/mol. The number of rotatable bonds is 11. The third-order valence-electron chi connectivity index (χ3n) is 7.69. The molecule has 0 spiro atoms. The summed E-state index contributed by atoms with van der Waals surface area (Å²) in [5, 5.41) is 38.9. The molecule has 3 aromatic carbocycles. The van der Waals surface area contributed by atoms with Gasteiger partial charge in [-0.15, -0.1) is 5.10 Å². The highest BCUT2D eigenvalue weighted by Crippen LogP contribution is 2.30. The molecule has 0 aliphatic carbocycles. The molecule has 2 amide bonds. The van der Waals surface area contributed by atoms with Crippen molar-refractivity contribution >= 4 is 11.8 Å². The highest BCUT2D eigenvalue weighted by atomic mass is 19.1. The van der Waals surface area contributed by atoms with E-state index in [-0.39, 0.29) is 37.7 Å². The number of carbonyl (C=O) groups is 2. The number of fused-ring (bicyclic) bond motifs is 1. The van der Waals surface area contributed by atoms with Crippen LogP contribution in [0.5, 0.6) is 0 Å². The Labute approximate surface area is 254 Å². The van der Waals surface area contributed by atoms with Crippen LogP contribution in [-0.4, -0.2) is 78.4 Å². The molecule has 230 valence electrons. The molecule has 0 unspecified atom stereocenters. The topological polar surface area (TPSA) is 156 Å². The monoisotopic (exact) mass is 601 g/mol. The van der Waals surface area contributed by atoms with Crippen LogP contribution in [-0.2, 0) is 29.1 Å². The Morgan fingerprint density at radius 1 is 1.11 bits per heavy atom. The van der Waals surface area contributed by atoms with E-state index < -0.39 is 30.1 Å². The third kappa shape index (κ3) is 7.51. The predicted molar refractivity (Wildman–Crippen MR) is 161 cm³/mol. The number of carbonyl (C=O) groups excluding carboxylic acids is 2. The first-order valence-corrected chi connectivity index (χ1v) is 14.4. The van der Waals surface area contributed by atoms with E-state index >= 15 is 0 Å². The number of nitrogens with zero attached hydrogens (tertiary/aromatic N) is 4. The lowest BCUT2D eigenvalue weighted by Gasteiger charge is -2.29. The van der Waals surface area contributed by atoms with Crippen molar-refractivity contribution in [1.82, 2.24) is 36.2 Å². The van der Waals surface area contributed by atoms with Crippen LogP contribution in [0, 0.1) is 5.82 Å². The van der Waals surface area contributed by atoms with Crippen LogP contribution in [0.15, 0.2) is 66.7 Å². The summed E-state index contributed by atoms with van der Waals surface area (Å²) in [6.07, 6.45) is -0.759. The number of aliphatic hydroxyl groups is 2. The zero-order chi connectivity index (χ0) is 31.3. The number of nitrogens with one attached hydrogen (secondary N) is 3. The number of hydrogen-bond acceptors (Lipinski definition) is 8. The van der Waals surface area contributed by atoms with Crippen molar-refractivity contribution in [3.05, 3.63) is 89.2 Å². The summed E-state index contributed by atoms with van der Waals surface area (Å²) in [7, 11) is 0. The van der Waals surface area contributed by atoms with E-state index in [0.717, 1.165) is 27.8 Å². The van der Waals surface area contributed by atoms with E-state index in [9.17, 15) is 19.1 Å². The molecule has 44 heavy (non-hydrogen) atoms. The normalized spacial score (nSPS) is 15.9. The Kier molecular flexibility index (Phi) is 9.43. The molecule has 11 nitrogen and oxygen atoms in total. The fraction of sp³-hybridized carbons (Fsp3) is 0.344. The third-order valence-corrected chi connectivity index (χ3v) is 7.69. The predicted octanol–water partition coefficient (Wildman–Crippen LogP) is 2.35. The zero-order valence-electron chi connectivity index (χ0n) is 24.6. The van der Waals surface area contributed by atoms with Crippen molar-refractivity contribution in [2.75, 3.05) is 13.2 Å². The number of amides is 2. The quantitative estimate of drug-likeness (QED) is 0.175. The van der Waals surface area contributed by atoms with Gasteiger partial charge in [0, 0.05) is 43.6 Å². The van der Waals surface area contributed by atoms with Crippen LogP contribution in [0.25, 0.3) is 22.5 Å². The molecule has 2 heterocycles. The molecular formula is C32H36FN7O4. The number of H-pyrrole nitrogens is 1. The van der Waals surface area contributed by atoms with E-state index in [0.29, 0.717) is 17.9 Å². The summed E-state index contributed by atoms with van der Waals surface area (Å²) >= 11 is 0. The van der Waals surface area contributed by atoms with Crippen molar-refractivity contribution in [3.8, 4) is 22.5 Å². The lowest BCUT2D eigenvalue weighted by Crippen LogP contribution is -2.51. The van der Waals surface area contributed by atoms with Crippen LogP contribution >= 0.6 is 0 Å². The van der Waals surface area contributed by atoms with Gasteiger partial charge in [0.15, 0.2) is 5.82 Å². The molecule has 0 saturated carbocycles. The van der Waals surface area contributed by atoms with E-state index in [4.69, 9.17) is 5.11 Å². The first-order valence-electron chi connectivity index (χ1n) is 14.4. The van der Waals surface area contributed by atoms with Gasteiger partial charge in [-0.1, -0.05) is 54.6 Å². The van der Waals surface area contributed by atoms with Crippen molar-refractivity contribution in [2.24, 2.45) is 0 Å². The maximum Gasteiger partial charge on any atom is 0.246 e. The lowest BCUT2D eigenvalue weighted by molar-refractivity contribution is -0.137. The standard InChI is InChI=1S/C32H36FN7O4/c1-32(2,34-16-25(42)19-41)15-29(43)35-28-14-23-13-24(33)12-11-22(23)18-40(31(28)44)17-20-7-9-21(10-8-20)26-5-3-4-6-27(26)30-36-38-39-37-30/h3-13,25,28,34,41-42H,14-19H2,1-2H3,(H,35,43)(H,36,37,38,39)/t25-,28+/m0/s1. The number of tetrazole rings is 1. The van der Waals surface area contributed by atoms with Gasteiger partial charge in [0.2, 0.25) is 11.8 Å². The van der Waals surface area contributed by atoms with Gasteiger partial charge >= 0.3 is 0 Å². The second-order valence-corrected chi connectivity index (χ2v) is 11.7. The highest BCUT2D eigenvalue weighted by Gasteiger charge is 2.32. The Balaban J connectivity index is 1.33. The van der Waals surface area contributed by atoms with E-state index in [2.05, 4.69) is 31.3 Å². The van der Waals surface area contributed by atoms with Gasteiger partial charge in [-0.3, -0.25) is 9.59 Å². The van der Waals surface area contributed by atoms with Gasteiger partial charge in [0.05, 0.1) is 12.7 Å². The number of aromatic amines is 1. The van der Waals surface area contributed by atoms with E-state index in [1.54, 1.807) is 24.8 Å². The van der Waals surface area contributed by atoms with Crippen LogP contribution in [0.1, 0.15) is 37.0 Å². The highest BCUT2D eigenvalue weighted by molar-refractivity contribution is 5.89. The smallest absolute Gasteiger partial charge is 0.246 e. The molecule has 5 rings (SSSR count). The minimum Gasteiger partial charge on any atom is -0.394 e. The second-order valence-electron chi connectivity index (χ2n) is 11.7. The molecule has 1 aliphatic rings. The van der Waals surface area contributed by atoms with Crippen LogP contribution in [0.3, 0.4) is 0 Å². The first-order chi connectivity index (χ1) is 21.1. The van der Waals surface area contributed by atoms with Gasteiger partial charge in [-0.05, 0) is 64.2 Å². The maximum absolute atomic E-state index is 14.2. The van der Waals surface area contributed by atoms with Crippen LogP contribution < -0.4 is 10.6 Å². The summed E-state index contributed by atoms with van der Waals surface area (Å²) < 4.78 is 14.2. The van der Waals surface area contributed by atoms with Gasteiger partial charge in [-0.2, -0.15) is 0 Å². The fourth-order valence-electron chi connectivity index (χ4n) is 5.39. The van der Waals surface area contributed by atoms with Gasteiger partial charge in [-0.25, -0.2) is 9.49 Å². The summed E-state index contributed by atoms with van der Waals surface area (Å²) in [5.41, 5.74) is 4.44. The average molecular weight is 602 g/mol. The number of halogens is 1. The van der Waals surface area contributed by atoms with Crippen LogP contribution in [0.4, 0.5) is 4.39 Å². The second kappa shape index (κ2) is 13.4. The Morgan fingerprint density at radius 2 is 1.86 bits per heavy atom. The van der Waals surface area contributed by atoms with Crippen molar-refractivity contribution in [1.29, 1.82) is 0 Å². The minimum absolute atomic E-state index is 0.0258. The summed E-state index contributed by atoms with van der Waals surface area (Å²) in [4.78, 5) is 28.6. The summed E-state index contributed by atoms with van der Waals surface area (Å²) in [5.74, 6) is -0.461. The molecule has 0 fully saturated rings. The van der Waals surface area contributed by atoms with E-state index in [1.165, 1.54) is 12.1 Å². The molecule has 5 N–H and O–H groups in total. The number of aliphatic hydroxyl groups excluding tert-OH is 2. The number of benzene rings is 3. The number of aromatic nitrogens is 4. The molecule has 1 aliphatic heterocycles. The van der Waals surface area contributed by atoms with Gasteiger partial charge in [0.1, 0.15) is 11.9 Å². The molecule has 0 saturated heterocycles. The molecule has 1 aromatic heterocycles. The minimum atomic E-state index is -0.949. The van der Waals surface area contributed by atoms with E-state index in [1.807, 2.05) is 48.5 Å². The summed E-state index contributed by atoms with van der Waals surface area (Å²) in [6, 6.07) is 19.3. The SMILES string of the molecule is CC(C)(CC(=O)N[C@@H]1Cc2cc(F)ccc2CN(Cc2ccc(-c3ccccc3-c3nnn[nH]3)cc2)C1=O)NC[C@H](O)CO. The maximum atomic E-state index is 14.2. The van der Waals surface area contributed by atoms with Gasteiger partial charge < -0.3 is 25.7 Å². The number of β-amino-alcohol motifs (C(OH)–C–C–N with tert-alkyl or cyclic N) is 1. The Morgan fingerprint density at radius 3 is 2.57 bits per heavy atom. The molecule has 4 aromatic rings. The van der Waals surface area contributed by atoms with Crippen molar-refractivity contribution in [2.45, 2.75) is 57.5 Å². The molecule has 2 atom stereocenters. The first kappa shape index (κ1) is 30.9. The largest absolute Gasteiger partial charge is 0.394 e. The van der Waals surface area contributed by atoms with Crippen LogP contribution in [0.2, 0.25) is 0 Å². The van der Waals surface area contributed by atoms with Gasteiger partial charge in [0.25, 0.3) is 0 Å². The average Bonchev–Trinajstić information content (AvgIpc) is 3.51. The molecule has 12 heteroatoms. The number of hydrogen-bond donors (Lipinski definition) is 5. The lowest BCUT2D eigenvalue weighted by atomic mass is 9.98. The molecule has 0 bridgehead atoms.